The number of nitrogens with one attached hydrogen (secondary N) is 3. The molecule has 1 saturated carbocycles. The van der Waals surface area contributed by atoms with Gasteiger partial charge in [-0.1, -0.05) is 18.9 Å². The number of fused-ring (bicyclic) bond motifs is 2. The van der Waals surface area contributed by atoms with Crippen molar-refractivity contribution < 1.29 is 18.8 Å². The molecule has 0 bridgehead atoms. The van der Waals surface area contributed by atoms with E-state index in [0.717, 1.165) is 44.1 Å². The normalized spacial score (nSPS) is 28.1. The van der Waals surface area contributed by atoms with Gasteiger partial charge < -0.3 is 10.2 Å². The van der Waals surface area contributed by atoms with Gasteiger partial charge >= 0.3 is 0 Å². The Morgan fingerprint density at radius 2 is 1.92 bits per heavy atom. The number of H-pyrrole nitrogens is 1. The molecule has 4 atom stereocenters. The van der Waals surface area contributed by atoms with Crippen molar-refractivity contribution in [3.05, 3.63) is 52.1 Å². The molecule has 3 amide bonds. The smallest absolute Gasteiger partial charge is 0.255 e. The van der Waals surface area contributed by atoms with Gasteiger partial charge in [-0.15, -0.1) is 0 Å². The summed E-state index contributed by atoms with van der Waals surface area (Å²) in [6.45, 7) is 0.273. The monoisotopic (exact) mass is 493 g/mol. The number of halogens is 1. The molecular formula is C27H32FN5O3. The molecule has 2 aliphatic heterocycles. The highest BCUT2D eigenvalue weighted by molar-refractivity contribution is 6.05. The van der Waals surface area contributed by atoms with E-state index in [-0.39, 0.29) is 30.6 Å². The second kappa shape index (κ2) is 9.42. The third-order valence-corrected chi connectivity index (χ3v) is 8.55. The summed E-state index contributed by atoms with van der Waals surface area (Å²) in [5, 5.41) is 13.5. The first-order valence-electron chi connectivity index (χ1n) is 13.2. The average molecular weight is 494 g/mol. The number of amides is 3. The van der Waals surface area contributed by atoms with Crippen LogP contribution in [0.5, 0.6) is 0 Å². The standard InChI is InChI=1S/C27H32FN5O3/c28-21-12-20-18(14-33(27(20)36)24-7-8-25(34)31-26(24)35)10-16(21)9-15-3-1-2-4-22(15)30-19-5-6-23-17(11-19)13-29-32-23/h10,12-13,15,19,22,24,30H,1-9,11,14H2,(H,29,32)(H,31,34,35)/t15-,19?,22+,24?/m1/s1. The van der Waals surface area contributed by atoms with E-state index in [4.69, 9.17) is 0 Å². The summed E-state index contributed by atoms with van der Waals surface area (Å²) in [4.78, 5) is 38.3. The van der Waals surface area contributed by atoms with Crippen molar-refractivity contribution in [2.75, 3.05) is 0 Å². The molecule has 190 valence electrons. The van der Waals surface area contributed by atoms with Crippen molar-refractivity contribution in [3.63, 3.8) is 0 Å². The number of aryl methyl sites for hydroxylation is 1. The second-order valence-electron chi connectivity index (χ2n) is 10.8. The third-order valence-electron chi connectivity index (χ3n) is 8.55. The molecule has 36 heavy (non-hydrogen) atoms. The summed E-state index contributed by atoms with van der Waals surface area (Å²) >= 11 is 0. The SMILES string of the molecule is O=C1CCC(N2Cc3cc(C[C@H]4CCCC[C@@H]4NC4CCc5[nH]ncc5C4)c(F)cc3C2=O)C(=O)N1. The Morgan fingerprint density at radius 3 is 2.78 bits per heavy atom. The summed E-state index contributed by atoms with van der Waals surface area (Å²) in [6, 6.07) is 3.24. The summed E-state index contributed by atoms with van der Waals surface area (Å²) in [7, 11) is 0. The number of carbonyl (C=O) groups excluding carboxylic acids is 3. The maximum absolute atomic E-state index is 15.3. The van der Waals surface area contributed by atoms with Gasteiger partial charge in [0.05, 0.1) is 6.20 Å². The number of aromatic nitrogens is 2. The van der Waals surface area contributed by atoms with Crippen LogP contribution >= 0.6 is 0 Å². The Bertz CT molecular complexity index is 1210. The predicted octanol–water partition coefficient (Wildman–Crippen LogP) is 2.56. The number of hydrogen-bond acceptors (Lipinski definition) is 5. The number of rotatable bonds is 5. The van der Waals surface area contributed by atoms with Crippen molar-refractivity contribution in [1.82, 2.24) is 25.7 Å². The first-order valence-corrected chi connectivity index (χ1v) is 13.2. The highest BCUT2D eigenvalue weighted by atomic mass is 19.1. The van der Waals surface area contributed by atoms with E-state index >= 15 is 4.39 Å². The molecule has 2 fully saturated rings. The number of carbonyl (C=O) groups is 3. The molecule has 1 aromatic carbocycles. The minimum atomic E-state index is -0.688. The zero-order valence-electron chi connectivity index (χ0n) is 20.3. The Labute approximate surface area is 209 Å². The first kappa shape index (κ1) is 23.3. The van der Waals surface area contributed by atoms with Crippen LogP contribution in [0, 0.1) is 11.7 Å². The number of benzene rings is 1. The molecule has 3 N–H and O–H groups in total. The number of nitrogens with zero attached hydrogens (tertiary/aromatic N) is 2. The van der Waals surface area contributed by atoms with E-state index in [9.17, 15) is 14.4 Å². The van der Waals surface area contributed by atoms with Gasteiger partial charge in [-0.25, -0.2) is 4.39 Å². The number of imide groups is 1. The zero-order valence-corrected chi connectivity index (χ0v) is 20.3. The minimum Gasteiger partial charge on any atom is -0.322 e. The topological polar surface area (TPSA) is 107 Å². The molecule has 1 aromatic heterocycles. The van der Waals surface area contributed by atoms with Gasteiger partial charge in [0.2, 0.25) is 11.8 Å². The van der Waals surface area contributed by atoms with Crippen molar-refractivity contribution in [1.29, 1.82) is 0 Å². The summed E-state index contributed by atoms with van der Waals surface area (Å²) in [6.07, 6.45) is 10.6. The molecule has 0 spiro atoms. The fourth-order valence-electron chi connectivity index (χ4n) is 6.61. The summed E-state index contributed by atoms with van der Waals surface area (Å²) in [5.41, 5.74) is 4.28. The Kier molecular flexibility index (Phi) is 6.11. The van der Waals surface area contributed by atoms with E-state index in [1.807, 2.05) is 12.3 Å². The Morgan fingerprint density at radius 1 is 1.06 bits per heavy atom. The second-order valence-corrected chi connectivity index (χ2v) is 10.8. The molecule has 3 heterocycles. The largest absolute Gasteiger partial charge is 0.322 e. The van der Waals surface area contributed by atoms with E-state index in [0.29, 0.717) is 42.0 Å². The first-order chi connectivity index (χ1) is 17.5. The molecule has 2 unspecified atom stereocenters. The Balaban J connectivity index is 1.16. The fourth-order valence-corrected chi connectivity index (χ4v) is 6.61. The molecule has 0 radical (unpaired) electrons. The third kappa shape index (κ3) is 4.34. The molecule has 6 rings (SSSR count). The van der Waals surface area contributed by atoms with Crippen LogP contribution in [-0.4, -0.2) is 50.9 Å². The lowest BCUT2D eigenvalue weighted by Crippen LogP contribution is -2.52. The van der Waals surface area contributed by atoms with Gasteiger partial charge in [-0.3, -0.25) is 24.8 Å². The molecule has 2 aromatic rings. The molecule has 1 saturated heterocycles. The average Bonchev–Trinajstić information content (AvgIpc) is 3.45. The lowest BCUT2D eigenvalue weighted by atomic mass is 9.79. The van der Waals surface area contributed by atoms with Gasteiger partial charge in [-0.05, 0) is 73.6 Å². The molecule has 4 aliphatic rings. The maximum atomic E-state index is 15.3. The van der Waals surface area contributed by atoms with Crippen LogP contribution < -0.4 is 10.6 Å². The predicted molar refractivity (Wildman–Crippen MR) is 129 cm³/mol. The van der Waals surface area contributed by atoms with Crippen LogP contribution in [0.15, 0.2) is 18.3 Å². The van der Waals surface area contributed by atoms with Crippen LogP contribution in [0.3, 0.4) is 0 Å². The van der Waals surface area contributed by atoms with Crippen molar-refractivity contribution in [3.8, 4) is 0 Å². The van der Waals surface area contributed by atoms with E-state index in [1.54, 1.807) is 0 Å². The fraction of sp³-hybridized carbons (Fsp3) is 0.556. The van der Waals surface area contributed by atoms with Crippen LogP contribution in [0.4, 0.5) is 4.39 Å². The lowest BCUT2D eigenvalue weighted by Gasteiger charge is -2.36. The van der Waals surface area contributed by atoms with E-state index in [2.05, 4.69) is 20.8 Å². The van der Waals surface area contributed by atoms with Gasteiger partial charge in [0.1, 0.15) is 11.9 Å². The molecule has 8 nitrogen and oxygen atoms in total. The highest BCUT2D eigenvalue weighted by Gasteiger charge is 2.40. The highest BCUT2D eigenvalue weighted by Crippen LogP contribution is 2.34. The zero-order chi connectivity index (χ0) is 24.8. The number of hydrogen-bond donors (Lipinski definition) is 3. The quantitative estimate of drug-likeness (QED) is 0.555. The summed E-state index contributed by atoms with van der Waals surface area (Å²) < 4.78 is 15.3. The molecule has 2 aliphatic carbocycles. The van der Waals surface area contributed by atoms with Crippen molar-refractivity contribution in [2.45, 2.75) is 88.9 Å². The van der Waals surface area contributed by atoms with Crippen LogP contribution in [0.2, 0.25) is 0 Å². The van der Waals surface area contributed by atoms with Crippen LogP contribution in [-0.2, 0) is 35.4 Å². The van der Waals surface area contributed by atoms with Crippen molar-refractivity contribution in [2.24, 2.45) is 5.92 Å². The maximum Gasteiger partial charge on any atom is 0.255 e. The minimum absolute atomic E-state index is 0.203. The van der Waals surface area contributed by atoms with Gasteiger partial charge in [0, 0.05) is 36.3 Å². The van der Waals surface area contributed by atoms with Gasteiger partial charge in [0.15, 0.2) is 0 Å². The van der Waals surface area contributed by atoms with Crippen molar-refractivity contribution >= 4 is 17.7 Å². The van der Waals surface area contributed by atoms with Gasteiger partial charge in [-0.2, -0.15) is 5.10 Å². The van der Waals surface area contributed by atoms with E-state index in [1.165, 1.54) is 28.6 Å². The van der Waals surface area contributed by atoms with Crippen LogP contribution in [0.25, 0.3) is 0 Å². The molecular weight excluding hydrogens is 461 g/mol. The summed E-state index contributed by atoms with van der Waals surface area (Å²) in [5.74, 6) is -1.12. The number of aromatic amines is 1. The number of piperidine rings is 1. The van der Waals surface area contributed by atoms with E-state index < -0.39 is 11.9 Å². The van der Waals surface area contributed by atoms with Gasteiger partial charge in [0.25, 0.3) is 5.91 Å². The van der Waals surface area contributed by atoms with Crippen LogP contribution in [0.1, 0.15) is 77.7 Å². The Hall–Kier alpha value is -3.07. The lowest BCUT2D eigenvalue weighted by molar-refractivity contribution is -0.136. The molecule has 9 heteroatoms.